The molecular formula is C16H17ClN4OS2. The minimum atomic E-state index is -0.782. The molecule has 2 aromatic heterocycles. The minimum absolute atomic E-state index is 0.208. The Hall–Kier alpha value is -1.44. The molecule has 5 nitrogen and oxygen atoms in total. The first-order chi connectivity index (χ1) is 11.4. The van der Waals surface area contributed by atoms with Gasteiger partial charge in [-0.1, -0.05) is 35.1 Å². The number of nitrogens with zero attached hydrogens (tertiary/aromatic N) is 4. The van der Waals surface area contributed by atoms with Crippen LogP contribution >= 0.6 is 22.9 Å². The molecule has 1 saturated heterocycles. The Balaban J connectivity index is 1.62. The van der Waals surface area contributed by atoms with Crippen LogP contribution in [-0.2, 0) is 10.8 Å². The van der Waals surface area contributed by atoms with Gasteiger partial charge < -0.3 is 4.90 Å². The summed E-state index contributed by atoms with van der Waals surface area (Å²) in [5.41, 5.74) is 1.91. The lowest BCUT2D eigenvalue weighted by Gasteiger charge is -2.36. The average Bonchev–Trinajstić information content (AvgIpc) is 3.09. The second kappa shape index (κ2) is 5.82. The summed E-state index contributed by atoms with van der Waals surface area (Å²) in [6.07, 6.45) is 1.94. The highest BCUT2D eigenvalue weighted by atomic mass is 35.5. The van der Waals surface area contributed by atoms with Crippen LogP contribution in [-0.4, -0.2) is 42.4 Å². The van der Waals surface area contributed by atoms with Gasteiger partial charge >= 0.3 is 0 Å². The van der Waals surface area contributed by atoms with Gasteiger partial charge in [-0.25, -0.2) is 9.50 Å². The molecule has 0 spiro atoms. The van der Waals surface area contributed by atoms with Crippen molar-refractivity contribution in [2.24, 2.45) is 0 Å². The Labute approximate surface area is 151 Å². The third-order valence-electron chi connectivity index (χ3n) is 4.18. The smallest absolute Gasteiger partial charge is 0.214 e. The number of imidazole rings is 1. The second-order valence-corrected chi connectivity index (χ2v) is 10.1. The van der Waals surface area contributed by atoms with Crippen molar-refractivity contribution in [2.75, 3.05) is 23.7 Å². The van der Waals surface area contributed by atoms with E-state index in [1.165, 1.54) is 0 Å². The quantitative estimate of drug-likeness (QED) is 0.683. The molecule has 3 heterocycles. The van der Waals surface area contributed by atoms with E-state index in [0.717, 1.165) is 34.4 Å². The molecule has 0 bridgehead atoms. The largest absolute Gasteiger partial charge is 0.344 e. The van der Waals surface area contributed by atoms with Crippen LogP contribution in [0.2, 0.25) is 5.02 Å². The highest BCUT2D eigenvalue weighted by Crippen LogP contribution is 2.30. The predicted octanol–water partition coefficient (Wildman–Crippen LogP) is 3.46. The molecule has 0 N–H and O–H groups in total. The summed E-state index contributed by atoms with van der Waals surface area (Å²) >= 11 is 7.50. The SMILES string of the molecule is CC1(C)CN(c2nn3cc(-c4ccc(Cl)cc4)nc3s2)CCS1=O. The minimum Gasteiger partial charge on any atom is -0.344 e. The highest BCUT2D eigenvalue weighted by Gasteiger charge is 2.34. The molecule has 24 heavy (non-hydrogen) atoms. The van der Waals surface area contributed by atoms with Gasteiger partial charge in [-0.15, -0.1) is 5.10 Å². The van der Waals surface area contributed by atoms with Crippen LogP contribution in [0.15, 0.2) is 30.5 Å². The number of rotatable bonds is 2. The number of hydrogen-bond acceptors (Lipinski definition) is 5. The predicted molar refractivity (Wildman–Crippen MR) is 101 cm³/mol. The zero-order valence-corrected chi connectivity index (χ0v) is 15.8. The van der Waals surface area contributed by atoms with Gasteiger partial charge in [0.05, 0.1) is 16.6 Å². The van der Waals surface area contributed by atoms with Gasteiger partial charge in [0.1, 0.15) is 0 Å². The fourth-order valence-electron chi connectivity index (χ4n) is 2.82. The molecule has 8 heteroatoms. The standard InChI is InChI=1S/C16H17ClN4OS2/c1-16(2)10-20(7-8-24(16)22)15-19-21-9-13(18-14(21)23-15)11-3-5-12(17)6-4-11/h3-6,9H,7-8,10H2,1-2H3. The lowest BCUT2D eigenvalue weighted by molar-refractivity contribution is 0.587. The van der Waals surface area contributed by atoms with Crippen LogP contribution in [0.1, 0.15) is 13.8 Å². The molecule has 126 valence electrons. The highest BCUT2D eigenvalue weighted by molar-refractivity contribution is 7.86. The molecule has 0 saturated carbocycles. The van der Waals surface area contributed by atoms with E-state index in [9.17, 15) is 4.21 Å². The van der Waals surface area contributed by atoms with Crippen molar-refractivity contribution in [3.05, 3.63) is 35.5 Å². The molecule has 1 aliphatic heterocycles. The number of halogens is 1. The summed E-state index contributed by atoms with van der Waals surface area (Å²) in [6.45, 7) is 5.62. The molecule has 1 fully saturated rings. The number of fused-ring (bicyclic) bond motifs is 1. The molecule has 4 rings (SSSR count). The molecule has 1 atom stereocenters. The summed E-state index contributed by atoms with van der Waals surface area (Å²) in [6, 6.07) is 7.63. The first-order valence-electron chi connectivity index (χ1n) is 7.68. The first-order valence-corrected chi connectivity index (χ1v) is 10.2. The van der Waals surface area contributed by atoms with Crippen molar-refractivity contribution in [3.63, 3.8) is 0 Å². The molecule has 1 unspecified atom stereocenters. The lowest BCUT2D eigenvalue weighted by atomic mass is 10.2. The van der Waals surface area contributed by atoms with E-state index in [-0.39, 0.29) is 4.75 Å². The van der Waals surface area contributed by atoms with E-state index in [1.54, 1.807) is 11.3 Å². The van der Waals surface area contributed by atoms with Gasteiger partial charge in [0.25, 0.3) is 0 Å². The van der Waals surface area contributed by atoms with Crippen LogP contribution in [0.4, 0.5) is 5.13 Å². The van der Waals surface area contributed by atoms with Crippen LogP contribution in [0.25, 0.3) is 16.2 Å². The lowest BCUT2D eigenvalue weighted by Crippen LogP contribution is -2.50. The van der Waals surface area contributed by atoms with Crippen LogP contribution in [0.3, 0.4) is 0 Å². The first kappa shape index (κ1) is 16.1. The Morgan fingerprint density at radius 1 is 1.29 bits per heavy atom. The second-order valence-electron chi connectivity index (χ2n) is 6.48. The number of aromatic nitrogens is 3. The summed E-state index contributed by atoms with van der Waals surface area (Å²) < 4.78 is 13.7. The van der Waals surface area contributed by atoms with Gasteiger partial charge in [0.15, 0.2) is 0 Å². The molecule has 0 aliphatic carbocycles. The third kappa shape index (κ3) is 2.85. The van der Waals surface area contributed by atoms with Crippen molar-refractivity contribution in [3.8, 4) is 11.3 Å². The summed E-state index contributed by atoms with van der Waals surface area (Å²) in [5, 5.41) is 6.31. The fraction of sp³-hybridized carbons (Fsp3) is 0.375. The van der Waals surface area contributed by atoms with Gasteiger partial charge in [-0.3, -0.25) is 4.21 Å². The molecule has 3 aromatic rings. The van der Waals surface area contributed by atoms with Gasteiger partial charge in [0.2, 0.25) is 10.1 Å². The van der Waals surface area contributed by atoms with Crippen LogP contribution in [0.5, 0.6) is 0 Å². The van der Waals surface area contributed by atoms with E-state index in [1.807, 2.05) is 48.8 Å². The summed E-state index contributed by atoms with van der Waals surface area (Å²) in [4.78, 5) is 7.74. The molecule has 0 radical (unpaired) electrons. The van der Waals surface area contributed by atoms with E-state index >= 15 is 0 Å². The molecule has 1 aliphatic rings. The molecule has 1 aromatic carbocycles. The maximum absolute atomic E-state index is 12.1. The molecule has 0 amide bonds. The third-order valence-corrected chi connectivity index (χ3v) is 7.33. The Kier molecular flexibility index (Phi) is 3.89. The van der Waals surface area contributed by atoms with E-state index < -0.39 is 10.8 Å². The van der Waals surface area contributed by atoms with Gasteiger partial charge in [-0.2, -0.15) is 0 Å². The number of benzene rings is 1. The van der Waals surface area contributed by atoms with Crippen molar-refractivity contribution in [1.82, 2.24) is 14.6 Å². The van der Waals surface area contributed by atoms with Gasteiger partial charge in [-0.05, 0) is 26.0 Å². The van der Waals surface area contributed by atoms with E-state index in [0.29, 0.717) is 10.8 Å². The Morgan fingerprint density at radius 3 is 2.71 bits per heavy atom. The van der Waals surface area contributed by atoms with Crippen molar-refractivity contribution in [1.29, 1.82) is 0 Å². The summed E-state index contributed by atoms with van der Waals surface area (Å²) in [7, 11) is -0.782. The monoisotopic (exact) mass is 380 g/mol. The summed E-state index contributed by atoms with van der Waals surface area (Å²) in [5.74, 6) is 0.685. The van der Waals surface area contributed by atoms with Gasteiger partial charge in [0, 0.05) is 40.2 Å². The van der Waals surface area contributed by atoms with Crippen LogP contribution in [0, 0.1) is 0 Å². The molecular weight excluding hydrogens is 364 g/mol. The normalized spacial score (nSPS) is 20.6. The van der Waals surface area contributed by atoms with Crippen LogP contribution < -0.4 is 4.90 Å². The van der Waals surface area contributed by atoms with E-state index in [2.05, 4.69) is 15.0 Å². The zero-order chi connectivity index (χ0) is 16.9. The zero-order valence-electron chi connectivity index (χ0n) is 13.4. The Bertz CT molecular complexity index is 884. The van der Waals surface area contributed by atoms with Crippen molar-refractivity contribution >= 4 is 43.8 Å². The number of anilines is 1. The number of hydrogen-bond donors (Lipinski definition) is 0. The average molecular weight is 381 g/mol. The van der Waals surface area contributed by atoms with E-state index in [4.69, 9.17) is 11.6 Å². The van der Waals surface area contributed by atoms with Crippen molar-refractivity contribution in [2.45, 2.75) is 18.6 Å². The maximum Gasteiger partial charge on any atom is 0.214 e. The van der Waals surface area contributed by atoms with Crippen molar-refractivity contribution < 1.29 is 4.21 Å². The topological polar surface area (TPSA) is 50.5 Å². The fourth-order valence-corrected chi connectivity index (χ4v) is 5.09. The maximum atomic E-state index is 12.1. The Morgan fingerprint density at radius 2 is 2.04 bits per heavy atom.